The van der Waals surface area contributed by atoms with Crippen LogP contribution in [0, 0.1) is 23.1 Å². The van der Waals surface area contributed by atoms with E-state index in [0.29, 0.717) is 26.1 Å². The molecule has 0 spiro atoms. The third kappa shape index (κ3) is 4.42. The predicted octanol–water partition coefficient (Wildman–Crippen LogP) is 3.89. The SMILES string of the molecule is N#CC1CCN(C(=O)NCCC(c2ccc(F)cc2)c2ccco2)CC1. The van der Waals surface area contributed by atoms with Gasteiger partial charge in [-0.3, -0.25) is 0 Å². The van der Waals surface area contributed by atoms with Crippen molar-refractivity contribution in [2.45, 2.75) is 25.2 Å². The van der Waals surface area contributed by atoms with Gasteiger partial charge in [-0.25, -0.2) is 9.18 Å². The van der Waals surface area contributed by atoms with E-state index in [2.05, 4.69) is 11.4 Å². The molecule has 5 nitrogen and oxygen atoms in total. The van der Waals surface area contributed by atoms with Gasteiger partial charge in [-0.2, -0.15) is 5.26 Å². The summed E-state index contributed by atoms with van der Waals surface area (Å²) in [5.41, 5.74) is 0.949. The van der Waals surface area contributed by atoms with Crippen LogP contribution in [0.5, 0.6) is 0 Å². The molecule has 6 heteroatoms. The normalized spacial score (nSPS) is 16.1. The lowest BCUT2D eigenvalue weighted by Gasteiger charge is -2.29. The summed E-state index contributed by atoms with van der Waals surface area (Å²) in [5, 5.41) is 11.9. The Balaban J connectivity index is 1.56. The number of urea groups is 1. The van der Waals surface area contributed by atoms with Crippen molar-refractivity contribution >= 4 is 6.03 Å². The number of rotatable bonds is 5. The monoisotopic (exact) mass is 355 g/mol. The van der Waals surface area contributed by atoms with Gasteiger partial charge in [0.2, 0.25) is 0 Å². The third-order valence-electron chi connectivity index (χ3n) is 4.83. The zero-order valence-electron chi connectivity index (χ0n) is 14.5. The Kier molecular flexibility index (Phi) is 5.90. The Bertz CT molecular complexity index is 744. The molecule has 1 unspecified atom stereocenters. The minimum Gasteiger partial charge on any atom is -0.469 e. The Morgan fingerprint density at radius 2 is 2.04 bits per heavy atom. The van der Waals surface area contributed by atoms with Crippen LogP contribution in [0.1, 0.15) is 36.5 Å². The van der Waals surface area contributed by atoms with E-state index >= 15 is 0 Å². The average molecular weight is 355 g/mol. The van der Waals surface area contributed by atoms with Crippen LogP contribution in [0.3, 0.4) is 0 Å². The van der Waals surface area contributed by atoms with Crippen LogP contribution in [0.15, 0.2) is 47.1 Å². The molecule has 2 heterocycles. The molecule has 1 aromatic carbocycles. The van der Waals surface area contributed by atoms with Crippen molar-refractivity contribution in [3.63, 3.8) is 0 Å². The highest BCUT2D eigenvalue weighted by molar-refractivity contribution is 5.74. The molecule has 0 saturated carbocycles. The van der Waals surface area contributed by atoms with Crippen LogP contribution in [-0.4, -0.2) is 30.6 Å². The molecule has 136 valence electrons. The molecule has 0 radical (unpaired) electrons. The van der Waals surface area contributed by atoms with Gasteiger partial charge >= 0.3 is 6.03 Å². The highest BCUT2D eigenvalue weighted by Crippen LogP contribution is 2.28. The Morgan fingerprint density at radius 1 is 1.31 bits per heavy atom. The number of halogens is 1. The van der Waals surface area contributed by atoms with Crippen molar-refractivity contribution in [3.05, 3.63) is 59.8 Å². The molecule has 1 saturated heterocycles. The lowest BCUT2D eigenvalue weighted by molar-refractivity contribution is 0.178. The van der Waals surface area contributed by atoms with Gasteiger partial charge in [-0.15, -0.1) is 0 Å². The largest absolute Gasteiger partial charge is 0.469 e. The second-order valence-electron chi connectivity index (χ2n) is 6.53. The molecule has 3 rings (SSSR count). The summed E-state index contributed by atoms with van der Waals surface area (Å²) in [4.78, 5) is 14.1. The van der Waals surface area contributed by atoms with E-state index in [1.165, 1.54) is 12.1 Å². The fourth-order valence-corrected chi connectivity index (χ4v) is 3.30. The number of amides is 2. The number of nitrogens with zero attached hydrogens (tertiary/aromatic N) is 2. The van der Waals surface area contributed by atoms with Gasteiger partial charge in [0.15, 0.2) is 0 Å². The number of carbonyl (C=O) groups is 1. The molecule has 1 aromatic heterocycles. The van der Waals surface area contributed by atoms with Crippen molar-refractivity contribution in [2.75, 3.05) is 19.6 Å². The molecule has 26 heavy (non-hydrogen) atoms. The first-order chi connectivity index (χ1) is 12.7. The molecule has 1 aliphatic rings. The van der Waals surface area contributed by atoms with Gasteiger partial charge in [-0.1, -0.05) is 12.1 Å². The van der Waals surface area contributed by atoms with E-state index in [1.807, 2.05) is 12.1 Å². The van der Waals surface area contributed by atoms with Crippen LogP contribution < -0.4 is 5.32 Å². The standard InChI is InChI=1S/C20H22FN3O2/c21-17-5-3-16(4-6-17)18(19-2-1-13-26-19)7-10-23-20(25)24-11-8-15(14-22)9-12-24/h1-6,13,15,18H,7-12H2,(H,23,25). The fraction of sp³-hybridized carbons (Fsp3) is 0.400. The second-order valence-corrected chi connectivity index (χ2v) is 6.53. The summed E-state index contributed by atoms with van der Waals surface area (Å²) in [6.45, 7) is 1.72. The Morgan fingerprint density at radius 3 is 2.65 bits per heavy atom. The zero-order chi connectivity index (χ0) is 18.4. The molecule has 2 amide bonds. The number of hydrogen-bond donors (Lipinski definition) is 1. The molecule has 1 fully saturated rings. The van der Waals surface area contributed by atoms with E-state index in [1.54, 1.807) is 23.3 Å². The topological polar surface area (TPSA) is 69.3 Å². The maximum Gasteiger partial charge on any atom is 0.317 e. The highest BCUT2D eigenvalue weighted by Gasteiger charge is 2.23. The number of carbonyl (C=O) groups excluding carboxylic acids is 1. The molecule has 1 N–H and O–H groups in total. The van der Waals surface area contributed by atoms with Crippen LogP contribution in [0.2, 0.25) is 0 Å². The molecule has 0 bridgehead atoms. The maximum atomic E-state index is 13.2. The first-order valence-electron chi connectivity index (χ1n) is 8.88. The van der Waals surface area contributed by atoms with E-state index in [-0.39, 0.29) is 23.7 Å². The van der Waals surface area contributed by atoms with Gasteiger partial charge in [0.05, 0.1) is 12.3 Å². The zero-order valence-corrected chi connectivity index (χ0v) is 14.5. The van der Waals surface area contributed by atoms with Crippen LogP contribution >= 0.6 is 0 Å². The van der Waals surface area contributed by atoms with Gasteiger partial charge < -0.3 is 14.6 Å². The molecular weight excluding hydrogens is 333 g/mol. The van der Waals surface area contributed by atoms with E-state index in [4.69, 9.17) is 9.68 Å². The lowest BCUT2D eigenvalue weighted by atomic mass is 9.93. The van der Waals surface area contributed by atoms with Crippen molar-refractivity contribution < 1.29 is 13.6 Å². The first kappa shape index (κ1) is 18.0. The smallest absolute Gasteiger partial charge is 0.317 e. The van der Waals surface area contributed by atoms with Gasteiger partial charge in [0.25, 0.3) is 0 Å². The molecule has 1 atom stereocenters. The summed E-state index contributed by atoms with van der Waals surface area (Å²) in [6.07, 6.45) is 3.73. The number of likely N-dealkylation sites (tertiary alicyclic amines) is 1. The Hall–Kier alpha value is -2.81. The van der Waals surface area contributed by atoms with E-state index < -0.39 is 0 Å². The number of hydrogen-bond acceptors (Lipinski definition) is 3. The number of benzene rings is 1. The van der Waals surface area contributed by atoms with Crippen LogP contribution in [0.25, 0.3) is 0 Å². The lowest BCUT2D eigenvalue weighted by Crippen LogP contribution is -2.44. The van der Waals surface area contributed by atoms with Gasteiger partial charge in [-0.05, 0) is 49.1 Å². The number of nitriles is 1. The minimum absolute atomic E-state index is 0.0461. The highest BCUT2D eigenvalue weighted by atomic mass is 19.1. The number of nitrogens with one attached hydrogen (secondary N) is 1. The van der Waals surface area contributed by atoms with E-state index in [0.717, 1.165) is 24.2 Å². The third-order valence-corrected chi connectivity index (χ3v) is 4.83. The van der Waals surface area contributed by atoms with Crippen molar-refractivity contribution in [2.24, 2.45) is 5.92 Å². The second kappa shape index (κ2) is 8.52. The summed E-state index contributed by atoms with van der Waals surface area (Å²) in [6, 6.07) is 12.2. The maximum absolute atomic E-state index is 13.2. The molecule has 0 aliphatic carbocycles. The first-order valence-corrected chi connectivity index (χ1v) is 8.88. The van der Waals surface area contributed by atoms with Crippen LogP contribution in [-0.2, 0) is 0 Å². The summed E-state index contributed by atoms with van der Waals surface area (Å²) >= 11 is 0. The van der Waals surface area contributed by atoms with Crippen molar-refractivity contribution in [1.29, 1.82) is 5.26 Å². The molecule has 1 aliphatic heterocycles. The average Bonchev–Trinajstić information content (AvgIpc) is 3.20. The molecular formula is C20H22FN3O2. The quantitative estimate of drug-likeness (QED) is 0.885. The van der Waals surface area contributed by atoms with E-state index in [9.17, 15) is 9.18 Å². The summed E-state index contributed by atoms with van der Waals surface area (Å²) in [5.74, 6) is 0.526. The summed E-state index contributed by atoms with van der Waals surface area (Å²) < 4.78 is 18.7. The Labute approximate surface area is 152 Å². The predicted molar refractivity (Wildman–Crippen MR) is 94.9 cm³/mol. The van der Waals surface area contributed by atoms with Gasteiger partial charge in [0, 0.05) is 31.5 Å². The number of piperidine rings is 1. The summed E-state index contributed by atoms with van der Waals surface area (Å²) in [7, 11) is 0. The van der Waals surface area contributed by atoms with Crippen molar-refractivity contribution in [1.82, 2.24) is 10.2 Å². The fourth-order valence-electron chi connectivity index (χ4n) is 3.30. The van der Waals surface area contributed by atoms with Gasteiger partial charge in [0.1, 0.15) is 11.6 Å². The molecule has 2 aromatic rings. The minimum atomic E-state index is -0.277. The number of furan rings is 1. The van der Waals surface area contributed by atoms with Crippen molar-refractivity contribution in [3.8, 4) is 6.07 Å². The van der Waals surface area contributed by atoms with Crippen LogP contribution in [0.4, 0.5) is 9.18 Å².